The van der Waals surface area contributed by atoms with Gasteiger partial charge < -0.3 is 30.3 Å². The zero-order valence-electron chi connectivity index (χ0n) is 12.9. The van der Waals surface area contributed by atoms with Gasteiger partial charge in [0.2, 0.25) is 0 Å². The third kappa shape index (κ3) is 4.26. The minimum atomic E-state index is -5.23. The van der Waals surface area contributed by atoms with E-state index in [0.29, 0.717) is 11.2 Å². The Hall–Kier alpha value is -1.47. The number of rotatable bonds is 6. The lowest BCUT2D eigenvalue weighted by atomic mass is 10.2. The average molecular weight is 411 g/mol. The van der Waals surface area contributed by atoms with Crippen LogP contribution in [0.15, 0.2) is 12.7 Å². The van der Waals surface area contributed by atoms with Crippen molar-refractivity contribution in [3.8, 4) is 0 Å². The number of aromatic nitrogens is 4. The van der Waals surface area contributed by atoms with Gasteiger partial charge in [-0.1, -0.05) is 0 Å². The molecule has 4 atom stereocenters. The van der Waals surface area contributed by atoms with Crippen LogP contribution >= 0.6 is 15.6 Å². The van der Waals surface area contributed by atoms with Gasteiger partial charge in [0, 0.05) is 6.42 Å². The van der Waals surface area contributed by atoms with Gasteiger partial charge in [-0.15, -0.1) is 0 Å². The summed E-state index contributed by atoms with van der Waals surface area (Å²) < 4.78 is 37.3. The predicted molar refractivity (Wildman–Crippen MR) is 83.2 cm³/mol. The molecule has 0 aromatic carbocycles. The van der Waals surface area contributed by atoms with Crippen molar-refractivity contribution in [1.82, 2.24) is 19.5 Å². The number of aliphatic hydroxyl groups is 1. The number of phosphoric acid groups is 2. The minimum absolute atomic E-state index is 0.0818. The number of anilines is 1. The van der Waals surface area contributed by atoms with Gasteiger partial charge in [0.15, 0.2) is 11.5 Å². The van der Waals surface area contributed by atoms with E-state index in [9.17, 15) is 19.1 Å². The van der Waals surface area contributed by atoms with Gasteiger partial charge in [-0.25, -0.2) is 24.1 Å². The highest BCUT2D eigenvalue weighted by Crippen LogP contribution is 2.57. The largest absolute Gasteiger partial charge is 0.481 e. The molecule has 26 heavy (non-hydrogen) atoms. The van der Waals surface area contributed by atoms with Gasteiger partial charge in [0.05, 0.1) is 19.0 Å². The fraction of sp³-hybridized carbons (Fsp3) is 0.500. The van der Waals surface area contributed by atoms with Gasteiger partial charge in [0.1, 0.15) is 24.2 Å². The standard InChI is InChI=1S/C10H15N5O9P2/c11-9-8-10(13-3-12-9)15(4-14-8)7-1-5(16)6(23-7)2-22-26(20,21)24-25(17,18)19/h3-7,16H,1-2H2,(H,20,21)(H2,11,12,13)(H2,17,18,19)/t5-,6+,7?/m0/s1. The Labute approximate surface area is 145 Å². The van der Waals surface area contributed by atoms with Crippen LogP contribution in [0.3, 0.4) is 0 Å². The van der Waals surface area contributed by atoms with Crippen LogP contribution in [0.5, 0.6) is 0 Å². The van der Waals surface area contributed by atoms with E-state index in [1.807, 2.05) is 0 Å². The van der Waals surface area contributed by atoms with Crippen LogP contribution in [-0.2, 0) is 22.7 Å². The number of fused-ring (bicyclic) bond motifs is 1. The molecule has 2 aromatic heterocycles. The second-order valence-electron chi connectivity index (χ2n) is 5.35. The Balaban J connectivity index is 1.69. The second kappa shape index (κ2) is 6.93. The third-order valence-electron chi connectivity index (χ3n) is 3.51. The van der Waals surface area contributed by atoms with Crippen molar-refractivity contribution in [2.45, 2.75) is 24.9 Å². The highest BCUT2D eigenvalue weighted by molar-refractivity contribution is 7.60. The number of aliphatic hydroxyl groups excluding tert-OH is 1. The summed E-state index contributed by atoms with van der Waals surface area (Å²) in [4.78, 5) is 38.3. The first-order chi connectivity index (χ1) is 12.1. The van der Waals surface area contributed by atoms with E-state index in [-0.39, 0.29) is 12.2 Å². The molecule has 1 saturated heterocycles. The zero-order chi connectivity index (χ0) is 19.1. The van der Waals surface area contributed by atoms with Gasteiger partial charge in [-0.2, -0.15) is 4.31 Å². The number of hydrogen-bond acceptors (Lipinski definition) is 10. The Morgan fingerprint density at radius 2 is 2.04 bits per heavy atom. The van der Waals surface area contributed by atoms with E-state index in [0.717, 1.165) is 0 Å². The molecule has 3 rings (SSSR count). The average Bonchev–Trinajstić information content (AvgIpc) is 3.07. The lowest BCUT2D eigenvalue weighted by molar-refractivity contribution is -0.0423. The van der Waals surface area contributed by atoms with Crippen LogP contribution in [-0.4, -0.2) is 58.1 Å². The van der Waals surface area contributed by atoms with Crippen LogP contribution in [0.25, 0.3) is 11.2 Å². The second-order valence-corrected chi connectivity index (χ2v) is 8.18. The number of imidazole rings is 1. The summed E-state index contributed by atoms with van der Waals surface area (Å²) in [5.41, 5.74) is 6.41. The molecule has 16 heteroatoms. The highest BCUT2D eigenvalue weighted by atomic mass is 31.3. The molecule has 3 heterocycles. The van der Waals surface area contributed by atoms with Crippen LogP contribution < -0.4 is 5.73 Å². The maximum absolute atomic E-state index is 11.5. The van der Waals surface area contributed by atoms with Crippen molar-refractivity contribution in [3.63, 3.8) is 0 Å². The zero-order valence-corrected chi connectivity index (χ0v) is 14.7. The SMILES string of the molecule is Nc1ncnc2c1ncn2C1C[C@H](O)[C@@H](COP(=O)(O)OP(=O)(O)O)O1. The molecule has 0 amide bonds. The molecule has 0 spiro atoms. The number of phosphoric ester groups is 1. The van der Waals surface area contributed by atoms with Crippen molar-refractivity contribution in [2.24, 2.45) is 0 Å². The van der Waals surface area contributed by atoms with E-state index in [2.05, 4.69) is 23.8 Å². The minimum Gasteiger partial charge on any atom is -0.390 e. The number of nitrogen functional groups attached to an aromatic ring is 1. The van der Waals surface area contributed by atoms with Crippen molar-refractivity contribution >= 4 is 32.6 Å². The third-order valence-corrected chi connectivity index (χ3v) is 5.66. The van der Waals surface area contributed by atoms with Crippen molar-refractivity contribution in [3.05, 3.63) is 12.7 Å². The maximum Gasteiger partial charge on any atom is 0.481 e. The lowest BCUT2D eigenvalue weighted by Gasteiger charge is -2.18. The lowest BCUT2D eigenvalue weighted by Crippen LogP contribution is -2.26. The molecule has 6 N–H and O–H groups in total. The molecule has 0 aliphatic carbocycles. The quantitative estimate of drug-likeness (QED) is 0.372. The molecular weight excluding hydrogens is 396 g/mol. The topological polar surface area (TPSA) is 212 Å². The molecule has 0 saturated carbocycles. The Morgan fingerprint density at radius 3 is 2.73 bits per heavy atom. The predicted octanol–water partition coefficient (Wildman–Crippen LogP) is -0.717. The first kappa shape index (κ1) is 19.3. The van der Waals surface area contributed by atoms with Crippen LogP contribution in [0, 0.1) is 0 Å². The number of nitrogens with zero attached hydrogens (tertiary/aromatic N) is 4. The van der Waals surface area contributed by atoms with Crippen LogP contribution in [0.4, 0.5) is 5.82 Å². The van der Waals surface area contributed by atoms with E-state index in [1.54, 1.807) is 0 Å². The van der Waals surface area contributed by atoms with Crippen LogP contribution in [0.2, 0.25) is 0 Å². The first-order valence-electron chi connectivity index (χ1n) is 7.06. The molecule has 2 unspecified atom stereocenters. The Bertz CT molecular complexity index is 900. The molecule has 2 aromatic rings. The monoisotopic (exact) mass is 411 g/mol. The Kier molecular flexibility index (Phi) is 5.14. The van der Waals surface area contributed by atoms with Crippen molar-refractivity contribution < 1.29 is 42.5 Å². The molecule has 1 aliphatic rings. The molecule has 0 bridgehead atoms. The first-order valence-corrected chi connectivity index (χ1v) is 10.1. The molecule has 0 radical (unpaired) electrons. The number of nitrogens with two attached hydrogens (primary N) is 1. The number of ether oxygens (including phenoxy) is 1. The molecule has 1 aliphatic heterocycles. The normalized spacial score (nSPS) is 26.2. The van der Waals surface area contributed by atoms with Crippen molar-refractivity contribution in [2.75, 3.05) is 12.3 Å². The fourth-order valence-electron chi connectivity index (χ4n) is 2.44. The van der Waals surface area contributed by atoms with E-state index >= 15 is 0 Å². The summed E-state index contributed by atoms with van der Waals surface area (Å²) in [7, 11) is -10.3. The molecule has 1 fully saturated rings. The van der Waals surface area contributed by atoms with E-state index in [1.165, 1.54) is 17.2 Å². The van der Waals surface area contributed by atoms with Crippen LogP contribution in [0.1, 0.15) is 12.6 Å². The summed E-state index contributed by atoms with van der Waals surface area (Å²) in [5, 5.41) is 10.1. The molecule has 14 nitrogen and oxygen atoms in total. The summed E-state index contributed by atoms with van der Waals surface area (Å²) in [6.45, 7) is -0.644. The Morgan fingerprint density at radius 1 is 1.31 bits per heavy atom. The summed E-state index contributed by atoms with van der Waals surface area (Å²) in [6, 6.07) is 0. The maximum atomic E-state index is 11.5. The highest BCUT2D eigenvalue weighted by Gasteiger charge is 2.39. The van der Waals surface area contributed by atoms with Gasteiger partial charge in [-0.05, 0) is 0 Å². The smallest absolute Gasteiger partial charge is 0.390 e. The van der Waals surface area contributed by atoms with Gasteiger partial charge in [-0.3, -0.25) is 9.09 Å². The van der Waals surface area contributed by atoms with E-state index < -0.39 is 40.7 Å². The number of hydrogen-bond donors (Lipinski definition) is 5. The van der Waals surface area contributed by atoms with Gasteiger partial charge >= 0.3 is 15.6 Å². The van der Waals surface area contributed by atoms with E-state index in [4.69, 9.17) is 20.3 Å². The molecule has 144 valence electrons. The van der Waals surface area contributed by atoms with Crippen molar-refractivity contribution in [1.29, 1.82) is 0 Å². The fourth-order valence-corrected chi connectivity index (χ4v) is 4.04. The van der Waals surface area contributed by atoms with Gasteiger partial charge in [0.25, 0.3) is 0 Å². The summed E-state index contributed by atoms with van der Waals surface area (Å²) >= 11 is 0. The summed E-state index contributed by atoms with van der Waals surface area (Å²) in [5.74, 6) is 0.169. The molecular formula is C10H15N5O9P2. The summed E-state index contributed by atoms with van der Waals surface area (Å²) in [6.07, 6.45) is -0.158.